The Bertz CT molecular complexity index is 251. The third-order valence-electron chi connectivity index (χ3n) is 2.74. The molecular formula is C14H27NO2. The van der Waals surface area contributed by atoms with Crippen LogP contribution in [0.2, 0.25) is 0 Å². The largest absolute Gasteiger partial charge is 0.356 e. The van der Waals surface area contributed by atoms with E-state index in [0.717, 1.165) is 25.8 Å². The van der Waals surface area contributed by atoms with E-state index in [9.17, 15) is 9.59 Å². The SMILES string of the molecule is CC(C)C(=O)NCCCCCC(=O)C(C)(C)C. The van der Waals surface area contributed by atoms with Crippen molar-refractivity contribution in [1.29, 1.82) is 0 Å². The molecule has 0 aromatic rings. The van der Waals surface area contributed by atoms with Crippen LogP contribution in [-0.2, 0) is 9.59 Å². The molecule has 0 aliphatic heterocycles. The molecule has 0 aliphatic carbocycles. The molecule has 0 bridgehead atoms. The zero-order chi connectivity index (χ0) is 13.5. The molecule has 3 nitrogen and oxygen atoms in total. The van der Waals surface area contributed by atoms with Crippen LogP contribution < -0.4 is 5.32 Å². The van der Waals surface area contributed by atoms with Crippen molar-refractivity contribution in [3.63, 3.8) is 0 Å². The first-order chi connectivity index (χ1) is 7.75. The monoisotopic (exact) mass is 241 g/mol. The molecule has 0 unspecified atom stereocenters. The maximum atomic E-state index is 11.6. The van der Waals surface area contributed by atoms with Gasteiger partial charge in [0.15, 0.2) is 0 Å². The van der Waals surface area contributed by atoms with Gasteiger partial charge in [0.2, 0.25) is 5.91 Å². The molecule has 0 atom stereocenters. The number of rotatable bonds is 7. The summed E-state index contributed by atoms with van der Waals surface area (Å²) in [6, 6.07) is 0. The standard InChI is InChI=1S/C14H27NO2/c1-11(2)13(17)15-10-8-6-7-9-12(16)14(3,4)5/h11H,6-10H2,1-5H3,(H,15,17). The summed E-state index contributed by atoms with van der Waals surface area (Å²) in [5, 5.41) is 2.88. The number of hydrogen-bond donors (Lipinski definition) is 1. The number of amides is 1. The normalized spacial score (nSPS) is 11.6. The fourth-order valence-electron chi connectivity index (χ4n) is 1.38. The molecule has 0 spiro atoms. The van der Waals surface area contributed by atoms with Crippen molar-refractivity contribution in [3.8, 4) is 0 Å². The summed E-state index contributed by atoms with van der Waals surface area (Å²) < 4.78 is 0. The highest BCUT2D eigenvalue weighted by atomic mass is 16.1. The van der Waals surface area contributed by atoms with Crippen molar-refractivity contribution < 1.29 is 9.59 Å². The predicted octanol–water partition coefficient (Wildman–Crippen LogP) is 2.93. The maximum Gasteiger partial charge on any atom is 0.222 e. The molecule has 0 aliphatic rings. The topological polar surface area (TPSA) is 46.2 Å². The van der Waals surface area contributed by atoms with Crippen molar-refractivity contribution in [2.24, 2.45) is 11.3 Å². The number of nitrogens with one attached hydrogen (secondary N) is 1. The van der Waals surface area contributed by atoms with Gasteiger partial charge in [-0.05, 0) is 12.8 Å². The first kappa shape index (κ1) is 16.1. The molecule has 1 N–H and O–H groups in total. The third-order valence-corrected chi connectivity index (χ3v) is 2.74. The van der Waals surface area contributed by atoms with Crippen molar-refractivity contribution >= 4 is 11.7 Å². The average molecular weight is 241 g/mol. The Labute approximate surface area is 105 Å². The van der Waals surface area contributed by atoms with Gasteiger partial charge in [-0.3, -0.25) is 9.59 Å². The van der Waals surface area contributed by atoms with E-state index in [1.807, 2.05) is 34.6 Å². The zero-order valence-electron chi connectivity index (χ0n) is 11.9. The van der Waals surface area contributed by atoms with E-state index in [4.69, 9.17) is 0 Å². The molecule has 3 heteroatoms. The summed E-state index contributed by atoms with van der Waals surface area (Å²) in [5.74, 6) is 0.483. The van der Waals surface area contributed by atoms with Gasteiger partial charge in [-0.25, -0.2) is 0 Å². The Balaban J connectivity index is 3.48. The van der Waals surface area contributed by atoms with E-state index >= 15 is 0 Å². The summed E-state index contributed by atoms with van der Waals surface area (Å²) in [6.45, 7) is 10.4. The average Bonchev–Trinajstić information content (AvgIpc) is 2.20. The van der Waals surface area contributed by atoms with Gasteiger partial charge in [0.25, 0.3) is 0 Å². The first-order valence-electron chi connectivity index (χ1n) is 6.56. The van der Waals surface area contributed by atoms with Crippen molar-refractivity contribution in [2.45, 2.75) is 60.3 Å². The lowest BCUT2D eigenvalue weighted by Crippen LogP contribution is -2.28. The molecule has 17 heavy (non-hydrogen) atoms. The number of carbonyl (C=O) groups is 2. The number of carbonyl (C=O) groups excluding carboxylic acids is 2. The number of hydrogen-bond acceptors (Lipinski definition) is 2. The Kier molecular flexibility index (Phi) is 7.09. The molecule has 0 aromatic heterocycles. The fraction of sp³-hybridized carbons (Fsp3) is 0.857. The lowest BCUT2D eigenvalue weighted by molar-refractivity contribution is -0.126. The molecule has 0 aromatic carbocycles. The lowest BCUT2D eigenvalue weighted by atomic mass is 9.88. The smallest absolute Gasteiger partial charge is 0.222 e. The fourth-order valence-corrected chi connectivity index (χ4v) is 1.38. The maximum absolute atomic E-state index is 11.6. The highest BCUT2D eigenvalue weighted by Crippen LogP contribution is 2.18. The number of unbranched alkanes of at least 4 members (excludes halogenated alkanes) is 2. The molecule has 0 radical (unpaired) electrons. The minimum Gasteiger partial charge on any atom is -0.356 e. The van der Waals surface area contributed by atoms with E-state index in [0.29, 0.717) is 12.2 Å². The highest BCUT2D eigenvalue weighted by molar-refractivity contribution is 5.83. The summed E-state index contributed by atoms with van der Waals surface area (Å²) in [5.41, 5.74) is -0.216. The first-order valence-corrected chi connectivity index (χ1v) is 6.56. The van der Waals surface area contributed by atoms with Gasteiger partial charge in [0.05, 0.1) is 0 Å². The van der Waals surface area contributed by atoms with Gasteiger partial charge in [0, 0.05) is 24.3 Å². The number of Topliss-reactive ketones (excluding diaryl/α,β-unsaturated/α-hetero) is 1. The van der Waals surface area contributed by atoms with E-state index in [2.05, 4.69) is 5.32 Å². The third kappa shape index (κ3) is 7.94. The quantitative estimate of drug-likeness (QED) is 0.697. The zero-order valence-corrected chi connectivity index (χ0v) is 11.9. The Morgan fingerprint density at radius 2 is 1.65 bits per heavy atom. The summed E-state index contributed by atoms with van der Waals surface area (Å²) in [7, 11) is 0. The van der Waals surface area contributed by atoms with Crippen LogP contribution in [0.5, 0.6) is 0 Å². The second-order valence-electron chi connectivity index (χ2n) is 5.93. The van der Waals surface area contributed by atoms with Crippen LogP contribution in [0.4, 0.5) is 0 Å². The Morgan fingerprint density at radius 3 is 2.12 bits per heavy atom. The second kappa shape index (κ2) is 7.46. The molecular weight excluding hydrogens is 214 g/mol. The Morgan fingerprint density at radius 1 is 1.06 bits per heavy atom. The van der Waals surface area contributed by atoms with Crippen molar-refractivity contribution in [2.75, 3.05) is 6.54 Å². The van der Waals surface area contributed by atoms with Gasteiger partial charge in [-0.1, -0.05) is 41.0 Å². The van der Waals surface area contributed by atoms with Crippen molar-refractivity contribution in [1.82, 2.24) is 5.32 Å². The van der Waals surface area contributed by atoms with Crippen LogP contribution in [-0.4, -0.2) is 18.2 Å². The van der Waals surface area contributed by atoms with Crippen LogP contribution >= 0.6 is 0 Å². The summed E-state index contributed by atoms with van der Waals surface area (Å²) in [6.07, 6.45) is 3.53. The van der Waals surface area contributed by atoms with Crippen LogP contribution in [0.25, 0.3) is 0 Å². The minimum atomic E-state index is -0.216. The van der Waals surface area contributed by atoms with E-state index in [1.54, 1.807) is 0 Å². The van der Waals surface area contributed by atoms with Crippen molar-refractivity contribution in [3.05, 3.63) is 0 Å². The van der Waals surface area contributed by atoms with Crippen LogP contribution in [0, 0.1) is 11.3 Å². The lowest BCUT2D eigenvalue weighted by Gasteiger charge is -2.16. The van der Waals surface area contributed by atoms with Gasteiger partial charge in [-0.2, -0.15) is 0 Å². The van der Waals surface area contributed by atoms with Gasteiger partial charge >= 0.3 is 0 Å². The molecule has 0 saturated carbocycles. The summed E-state index contributed by atoms with van der Waals surface area (Å²) >= 11 is 0. The van der Waals surface area contributed by atoms with E-state index < -0.39 is 0 Å². The van der Waals surface area contributed by atoms with Crippen LogP contribution in [0.3, 0.4) is 0 Å². The number of ketones is 1. The molecule has 0 fully saturated rings. The van der Waals surface area contributed by atoms with Crippen LogP contribution in [0.15, 0.2) is 0 Å². The van der Waals surface area contributed by atoms with Crippen LogP contribution in [0.1, 0.15) is 60.3 Å². The molecule has 0 rings (SSSR count). The molecule has 1 amide bonds. The van der Waals surface area contributed by atoms with Gasteiger partial charge in [-0.15, -0.1) is 0 Å². The molecule has 0 saturated heterocycles. The minimum absolute atomic E-state index is 0.0532. The molecule has 100 valence electrons. The summed E-state index contributed by atoms with van der Waals surface area (Å²) in [4.78, 5) is 22.9. The highest BCUT2D eigenvalue weighted by Gasteiger charge is 2.19. The second-order valence-corrected chi connectivity index (χ2v) is 5.93. The van der Waals surface area contributed by atoms with Gasteiger partial charge in [0.1, 0.15) is 5.78 Å². The van der Waals surface area contributed by atoms with Gasteiger partial charge < -0.3 is 5.32 Å². The van der Waals surface area contributed by atoms with E-state index in [1.165, 1.54) is 0 Å². The van der Waals surface area contributed by atoms with E-state index in [-0.39, 0.29) is 17.2 Å². The Hall–Kier alpha value is -0.860. The predicted molar refractivity (Wildman–Crippen MR) is 70.8 cm³/mol. The molecule has 0 heterocycles.